The van der Waals surface area contributed by atoms with Crippen molar-refractivity contribution < 1.29 is 4.39 Å². The summed E-state index contributed by atoms with van der Waals surface area (Å²) in [5.41, 5.74) is 4.61. The second-order valence-corrected chi connectivity index (χ2v) is 7.46. The molecule has 1 saturated heterocycles. The van der Waals surface area contributed by atoms with E-state index in [1.165, 1.54) is 11.8 Å². The zero-order valence-corrected chi connectivity index (χ0v) is 13.0. The Bertz CT molecular complexity index is 428. The van der Waals surface area contributed by atoms with Crippen LogP contribution in [0.2, 0.25) is 0 Å². The molecule has 0 bridgehead atoms. The second kappa shape index (κ2) is 6.97. The Morgan fingerprint density at radius 2 is 2.16 bits per heavy atom. The van der Waals surface area contributed by atoms with E-state index in [9.17, 15) is 4.39 Å². The van der Waals surface area contributed by atoms with Gasteiger partial charge in [-0.15, -0.1) is 0 Å². The highest BCUT2D eigenvalue weighted by atomic mass is 32.2. The van der Waals surface area contributed by atoms with Gasteiger partial charge in [-0.25, -0.2) is 4.39 Å². The molecule has 0 aliphatic carbocycles. The van der Waals surface area contributed by atoms with Gasteiger partial charge in [-0.3, -0.25) is 11.3 Å². The van der Waals surface area contributed by atoms with Gasteiger partial charge < -0.3 is 0 Å². The van der Waals surface area contributed by atoms with Crippen molar-refractivity contribution in [1.29, 1.82) is 0 Å². The fourth-order valence-electron chi connectivity index (χ4n) is 2.51. The third-order valence-corrected chi connectivity index (χ3v) is 6.84. The number of rotatable bonds is 4. The molecule has 1 aliphatic rings. The minimum atomic E-state index is -0.167. The van der Waals surface area contributed by atoms with Gasteiger partial charge in [0.25, 0.3) is 0 Å². The van der Waals surface area contributed by atoms with Crippen LogP contribution in [-0.2, 0) is 0 Å². The highest BCUT2D eigenvalue weighted by Gasteiger charge is 2.33. The molecule has 1 heterocycles. The minimum absolute atomic E-state index is 0.123. The standard InChI is InChI=1S/C14H21FN2S2/c1-3-12-14(19-7-6-18-12)13(17-16)10-8-9(2)4-5-11(10)15/h4-5,8,12-14,17H,3,6-7,16H2,1-2H3. The lowest BCUT2D eigenvalue weighted by molar-refractivity contribution is 0.484. The number of nitrogens with two attached hydrogens (primary N) is 1. The average Bonchev–Trinajstić information content (AvgIpc) is 2.44. The van der Waals surface area contributed by atoms with Crippen molar-refractivity contribution in [2.24, 2.45) is 5.84 Å². The second-order valence-electron chi connectivity index (χ2n) is 4.82. The molecule has 1 aliphatic heterocycles. The van der Waals surface area contributed by atoms with Gasteiger partial charge in [-0.05, 0) is 19.4 Å². The highest BCUT2D eigenvalue weighted by Crippen LogP contribution is 2.40. The summed E-state index contributed by atoms with van der Waals surface area (Å²) in [6.45, 7) is 4.17. The number of aryl methyl sites for hydroxylation is 1. The first-order chi connectivity index (χ1) is 9.17. The largest absolute Gasteiger partial charge is 0.271 e. The molecule has 0 saturated carbocycles. The molecule has 5 heteroatoms. The summed E-state index contributed by atoms with van der Waals surface area (Å²) in [6.07, 6.45) is 1.09. The molecule has 3 unspecified atom stereocenters. The van der Waals surface area contributed by atoms with Gasteiger partial charge >= 0.3 is 0 Å². The third kappa shape index (κ3) is 3.45. The van der Waals surface area contributed by atoms with Gasteiger partial charge in [-0.2, -0.15) is 23.5 Å². The van der Waals surface area contributed by atoms with Crippen molar-refractivity contribution >= 4 is 23.5 Å². The Morgan fingerprint density at radius 3 is 2.84 bits per heavy atom. The Morgan fingerprint density at radius 1 is 1.42 bits per heavy atom. The van der Waals surface area contributed by atoms with E-state index in [1.54, 1.807) is 6.07 Å². The summed E-state index contributed by atoms with van der Waals surface area (Å²) in [5.74, 6) is 7.85. The number of nitrogens with one attached hydrogen (secondary N) is 1. The lowest BCUT2D eigenvalue weighted by Gasteiger charge is -2.36. The van der Waals surface area contributed by atoms with Crippen LogP contribution in [0.15, 0.2) is 18.2 Å². The first-order valence-corrected chi connectivity index (χ1v) is 8.72. The fourth-order valence-corrected chi connectivity index (χ4v) is 5.73. The van der Waals surface area contributed by atoms with Gasteiger partial charge in [0.05, 0.1) is 6.04 Å². The summed E-state index contributed by atoms with van der Waals surface area (Å²) in [4.78, 5) is 0. The normalized spacial score (nSPS) is 25.3. The van der Waals surface area contributed by atoms with E-state index in [-0.39, 0.29) is 11.9 Å². The molecular formula is C14H21FN2S2. The quantitative estimate of drug-likeness (QED) is 0.661. The molecule has 1 aromatic carbocycles. The predicted molar refractivity (Wildman–Crippen MR) is 84.0 cm³/mol. The molecule has 0 spiro atoms. The fraction of sp³-hybridized carbons (Fsp3) is 0.571. The summed E-state index contributed by atoms with van der Waals surface area (Å²) in [5, 5.41) is 0.852. The van der Waals surface area contributed by atoms with Crippen molar-refractivity contribution in [1.82, 2.24) is 5.43 Å². The highest BCUT2D eigenvalue weighted by molar-refractivity contribution is 8.07. The number of halogens is 1. The van der Waals surface area contributed by atoms with E-state index < -0.39 is 0 Å². The average molecular weight is 300 g/mol. The maximum absolute atomic E-state index is 14.1. The van der Waals surface area contributed by atoms with E-state index in [4.69, 9.17) is 5.84 Å². The van der Waals surface area contributed by atoms with Crippen LogP contribution < -0.4 is 11.3 Å². The van der Waals surface area contributed by atoms with Gasteiger partial charge in [-0.1, -0.05) is 24.6 Å². The zero-order valence-electron chi connectivity index (χ0n) is 11.4. The Labute approximate surface area is 123 Å². The van der Waals surface area contributed by atoms with Crippen LogP contribution in [0, 0.1) is 12.7 Å². The zero-order chi connectivity index (χ0) is 13.8. The molecule has 106 valence electrons. The van der Waals surface area contributed by atoms with Crippen LogP contribution in [0.5, 0.6) is 0 Å². The van der Waals surface area contributed by atoms with Crippen LogP contribution >= 0.6 is 23.5 Å². The van der Waals surface area contributed by atoms with Crippen LogP contribution in [0.4, 0.5) is 4.39 Å². The molecule has 19 heavy (non-hydrogen) atoms. The molecule has 0 aromatic heterocycles. The first kappa shape index (κ1) is 15.2. The molecule has 1 aromatic rings. The molecule has 2 rings (SSSR count). The third-order valence-electron chi connectivity index (χ3n) is 3.49. The first-order valence-electron chi connectivity index (χ1n) is 6.62. The molecule has 3 atom stereocenters. The maximum atomic E-state index is 14.1. The monoisotopic (exact) mass is 300 g/mol. The van der Waals surface area contributed by atoms with Crippen molar-refractivity contribution in [2.45, 2.75) is 36.8 Å². The summed E-state index contributed by atoms with van der Waals surface area (Å²) >= 11 is 3.89. The summed E-state index contributed by atoms with van der Waals surface area (Å²) in [6, 6.07) is 5.12. The number of thioether (sulfide) groups is 2. The molecule has 1 fully saturated rings. The number of benzene rings is 1. The maximum Gasteiger partial charge on any atom is 0.128 e. The number of hydrogen-bond donors (Lipinski definition) is 2. The van der Waals surface area contributed by atoms with Crippen molar-refractivity contribution in [3.63, 3.8) is 0 Å². The predicted octanol–water partition coefficient (Wildman–Crippen LogP) is 3.27. The van der Waals surface area contributed by atoms with Gasteiger partial charge in [0.15, 0.2) is 0 Å². The van der Waals surface area contributed by atoms with E-state index >= 15 is 0 Å². The van der Waals surface area contributed by atoms with Crippen LogP contribution in [0.3, 0.4) is 0 Å². The van der Waals surface area contributed by atoms with Crippen LogP contribution in [0.1, 0.15) is 30.5 Å². The molecular weight excluding hydrogens is 279 g/mol. The Balaban J connectivity index is 2.29. The molecule has 2 nitrogen and oxygen atoms in total. The number of hydrogen-bond acceptors (Lipinski definition) is 4. The lowest BCUT2D eigenvalue weighted by Crippen LogP contribution is -2.42. The smallest absolute Gasteiger partial charge is 0.128 e. The van der Waals surface area contributed by atoms with Gasteiger partial charge in [0.1, 0.15) is 5.82 Å². The molecule has 3 N–H and O–H groups in total. The lowest BCUT2D eigenvalue weighted by atomic mass is 9.98. The van der Waals surface area contributed by atoms with Crippen LogP contribution in [0.25, 0.3) is 0 Å². The van der Waals surface area contributed by atoms with E-state index in [1.807, 2.05) is 36.5 Å². The van der Waals surface area contributed by atoms with Crippen LogP contribution in [-0.4, -0.2) is 22.0 Å². The summed E-state index contributed by atoms with van der Waals surface area (Å²) in [7, 11) is 0. The summed E-state index contributed by atoms with van der Waals surface area (Å²) < 4.78 is 14.1. The van der Waals surface area contributed by atoms with Gasteiger partial charge in [0, 0.05) is 27.6 Å². The molecule has 0 amide bonds. The SMILES string of the molecule is CCC1SCCSC1C(NN)c1cc(C)ccc1F. The van der Waals surface area contributed by atoms with Crippen molar-refractivity contribution in [2.75, 3.05) is 11.5 Å². The van der Waals surface area contributed by atoms with Crippen molar-refractivity contribution in [3.05, 3.63) is 35.1 Å². The Kier molecular flexibility index (Phi) is 5.57. The Hall–Kier alpha value is -0.230. The van der Waals surface area contributed by atoms with E-state index in [2.05, 4.69) is 12.3 Å². The van der Waals surface area contributed by atoms with Gasteiger partial charge in [0.2, 0.25) is 0 Å². The van der Waals surface area contributed by atoms with E-state index in [0.29, 0.717) is 16.1 Å². The number of hydrazine groups is 1. The molecule has 0 radical (unpaired) electrons. The topological polar surface area (TPSA) is 38.0 Å². The van der Waals surface area contributed by atoms with E-state index in [0.717, 1.165) is 17.7 Å². The minimum Gasteiger partial charge on any atom is -0.271 e. The van der Waals surface area contributed by atoms with Crippen molar-refractivity contribution in [3.8, 4) is 0 Å².